The second-order valence-electron chi connectivity index (χ2n) is 8.62. The number of benzene rings is 1. The molecule has 1 N–H and O–H groups in total. The third kappa shape index (κ3) is 7.48. The molecular formula is C22H31FN2O5S. The molecule has 1 saturated heterocycles. The number of hydrogen-bond acceptors (Lipinski definition) is 5. The largest absolute Gasteiger partial charge is 0.490 e. The summed E-state index contributed by atoms with van der Waals surface area (Å²) >= 11 is 0. The molecular weight excluding hydrogens is 423 g/mol. The number of nitrogens with zero attached hydrogens (tertiary/aromatic N) is 1. The highest BCUT2D eigenvalue weighted by atomic mass is 32.2. The number of carbonyl (C=O) groups excluding carboxylic acids is 2. The molecule has 0 aromatic heterocycles. The molecule has 31 heavy (non-hydrogen) atoms. The number of carbonyl (C=O) groups is 2. The van der Waals surface area contributed by atoms with Gasteiger partial charge in [-0.05, 0) is 48.8 Å². The van der Waals surface area contributed by atoms with Crippen molar-refractivity contribution in [3.63, 3.8) is 0 Å². The number of imide groups is 1. The first-order chi connectivity index (χ1) is 14.7. The van der Waals surface area contributed by atoms with Gasteiger partial charge >= 0.3 is 6.03 Å². The minimum Gasteiger partial charge on any atom is -0.490 e. The van der Waals surface area contributed by atoms with E-state index in [1.54, 1.807) is 12.1 Å². The summed E-state index contributed by atoms with van der Waals surface area (Å²) in [6.45, 7) is 2.80. The first kappa shape index (κ1) is 23.5. The van der Waals surface area contributed by atoms with Crippen molar-refractivity contribution in [2.45, 2.75) is 51.4 Å². The van der Waals surface area contributed by atoms with Gasteiger partial charge in [0.1, 0.15) is 6.54 Å². The van der Waals surface area contributed by atoms with Crippen LogP contribution in [0.5, 0.6) is 5.75 Å². The van der Waals surface area contributed by atoms with Crippen molar-refractivity contribution in [3.05, 3.63) is 29.6 Å². The summed E-state index contributed by atoms with van der Waals surface area (Å²) in [5.41, 5.74) is 0.746. The van der Waals surface area contributed by atoms with Crippen molar-refractivity contribution >= 4 is 21.8 Å². The summed E-state index contributed by atoms with van der Waals surface area (Å²) in [4.78, 5) is 24.0. The fourth-order valence-electron chi connectivity index (χ4n) is 3.70. The lowest BCUT2D eigenvalue weighted by Gasteiger charge is -2.15. The van der Waals surface area contributed by atoms with Crippen LogP contribution in [0.15, 0.2) is 18.2 Å². The second-order valence-corrected chi connectivity index (χ2v) is 10.9. The molecule has 3 amide bonds. The minimum atomic E-state index is -3.27. The Labute approximate surface area is 183 Å². The van der Waals surface area contributed by atoms with Gasteiger partial charge in [0.05, 0.1) is 18.1 Å². The zero-order valence-electron chi connectivity index (χ0n) is 17.9. The van der Waals surface area contributed by atoms with Gasteiger partial charge in [-0.25, -0.2) is 17.6 Å². The van der Waals surface area contributed by atoms with Gasteiger partial charge in [0, 0.05) is 6.54 Å². The maximum absolute atomic E-state index is 14.0. The van der Waals surface area contributed by atoms with Crippen LogP contribution in [0.4, 0.5) is 9.18 Å². The van der Waals surface area contributed by atoms with E-state index in [1.165, 1.54) is 23.8 Å². The van der Waals surface area contributed by atoms with Crippen LogP contribution >= 0.6 is 0 Å². The molecule has 1 aromatic rings. The predicted molar refractivity (Wildman–Crippen MR) is 115 cm³/mol. The number of sulfone groups is 1. The number of ether oxygens (including phenoxy) is 1. The van der Waals surface area contributed by atoms with Gasteiger partial charge < -0.3 is 9.64 Å². The van der Waals surface area contributed by atoms with E-state index >= 15 is 0 Å². The summed E-state index contributed by atoms with van der Waals surface area (Å²) in [7, 11) is -3.27. The van der Waals surface area contributed by atoms with Crippen LogP contribution in [-0.4, -0.2) is 56.5 Å². The Morgan fingerprint density at radius 1 is 1.23 bits per heavy atom. The molecule has 2 aliphatic rings. The highest BCUT2D eigenvalue weighted by molar-refractivity contribution is 7.91. The summed E-state index contributed by atoms with van der Waals surface area (Å²) < 4.78 is 44.6. The maximum Gasteiger partial charge on any atom is 0.324 e. The number of amides is 3. The maximum atomic E-state index is 14.0. The lowest BCUT2D eigenvalue weighted by molar-refractivity contribution is -0.118. The zero-order valence-corrected chi connectivity index (χ0v) is 18.8. The van der Waals surface area contributed by atoms with Gasteiger partial charge in [-0.3, -0.25) is 10.1 Å². The van der Waals surface area contributed by atoms with Crippen molar-refractivity contribution in [1.29, 1.82) is 0 Å². The molecule has 0 unspecified atom stereocenters. The van der Waals surface area contributed by atoms with Gasteiger partial charge in [0.2, 0.25) is 5.91 Å². The summed E-state index contributed by atoms with van der Waals surface area (Å²) in [6, 6.07) is 4.18. The molecule has 0 bridgehead atoms. The summed E-state index contributed by atoms with van der Waals surface area (Å²) in [5.74, 6) is -0.0629. The second kappa shape index (κ2) is 10.4. The quantitative estimate of drug-likeness (QED) is 0.365. The van der Waals surface area contributed by atoms with E-state index in [2.05, 4.69) is 5.32 Å². The Kier molecular flexibility index (Phi) is 7.91. The van der Waals surface area contributed by atoms with Crippen LogP contribution in [0, 0.1) is 11.7 Å². The molecule has 2 fully saturated rings. The lowest BCUT2D eigenvalue weighted by atomic mass is 10.0. The number of rotatable bonds is 13. The average molecular weight is 455 g/mol. The fraction of sp³-hybridized carbons (Fsp3) is 0.636. The lowest BCUT2D eigenvalue weighted by Crippen LogP contribution is -2.29. The van der Waals surface area contributed by atoms with Gasteiger partial charge in [0.25, 0.3) is 0 Å². The Hall–Kier alpha value is -2.16. The first-order valence-corrected chi connectivity index (χ1v) is 12.8. The molecule has 3 rings (SSSR count). The van der Waals surface area contributed by atoms with Gasteiger partial charge in [-0.1, -0.05) is 32.3 Å². The average Bonchev–Trinajstić information content (AvgIpc) is 3.46. The predicted octanol–water partition coefficient (Wildman–Crippen LogP) is 3.25. The van der Waals surface area contributed by atoms with E-state index in [-0.39, 0.29) is 41.7 Å². The van der Waals surface area contributed by atoms with Crippen molar-refractivity contribution in [3.8, 4) is 5.75 Å². The summed E-state index contributed by atoms with van der Waals surface area (Å²) in [5, 5.41) is 2.22. The van der Waals surface area contributed by atoms with Crippen molar-refractivity contribution in [1.82, 2.24) is 10.2 Å². The Morgan fingerprint density at radius 3 is 2.68 bits per heavy atom. The molecule has 1 heterocycles. The number of hydrogen-bond donors (Lipinski definition) is 1. The highest BCUT2D eigenvalue weighted by Gasteiger charge is 2.26. The fourth-order valence-corrected chi connectivity index (χ4v) is 5.47. The third-order valence-electron chi connectivity index (χ3n) is 5.76. The number of nitrogens with one attached hydrogen (secondary N) is 1. The van der Waals surface area contributed by atoms with Gasteiger partial charge in [0.15, 0.2) is 21.4 Å². The van der Waals surface area contributed by atoms with E-state index < -0.39 is 15.7 Å². The van der Waals surface area contributed by atoms with Gasteiger partial charge in [-0.2, -0.15) is 0 Å². The topological polar surface area (TPSA) is 92.8 Å². The zero-order chi connectivity index (χ0) is 22.4. The normalized spacial score (nSPS) is 17.7. The van der Waals surface area contributed by atoms with E-state index in [1.807, 2.05) is 6.92 Å². The Bertz CT molecular complexity index is 901. The Morgan fingerprint density at radius 2 is 2.00 bits per heavy atom. The van der Waals surface area contributed by atoms with E-state index in [9.17, 15) is 22.4 Å². The van der Waals surface area contributed by atoms with Crippen LogP contribution in [0.25, 0.3) is 0 Å². The smallest absolute Gasteiger partial charge is 0.324 e. The first-order valence-electron chi connectivity index (χ1n) is 10.9. The van der Waals surface area contributed by atoms with E-state index in [0.29, 0.717) is 38.3 Å². The molecule has 1 atom stereocenters. The molecule has 0 radical (unpaired) electrons. The molecule has 1 aliphatic carbocycles. The van der Waals surface area contributed by atoms with Crippen LogP contribution in [0.1, 0.15) is 56.9 Å². The monoisotopic (exact) mass is 454 g/mol. The molecule has 1 aromatic carbocycles. The summed E-state index contributed by atoms with van der Waals surface area (Å²) in [6.07, 6.45) is 5.15. The van der Waals surface area contributed by atoms with Crippen molar-refractivity contribution in [2.75, 3.05) is 31.2 Å². The van der Waals surface area contributed by atoms with Crippen LogP contribution < -0.4 is 10.1 Å². The number of halogens is 1. The highest BCUT2D eigenvalue weighted by Crippen LogP contribution is 2.33. The Balaban J connectivity index is 1.41. The molecule has 172 valence electrons. The molecule has 7 nitrogen and oxygen atoms in total. The third-order valence-corrected chi connectivity index (χ3v) is 7.68. The standard InChI is InChI=1S/C22H31FN2O5S/c1-16(18-7-8-19(23)20(13-18)30-11-9-17-5-6-17)15-31(28,29)12-4-2-3-10-25-14-21(26)24-22(25)27/h7-8,13,16-17H,2-6,9-12,14-15H2,1H3,(H,24,26,27)/t16-/m1/s1. The SMILES string of the molecule is C[C@H](CS(=O)(=O)CCCCCN1CC(=O)NC1=O)c1ccc(F)c(OCCC2CC2)c1. The van der Waals surface area contributed by atoms with Crippen LogP contribution in [0.3, 0.4) is 0 Å². The van der Waals surface area contributed by atoms with Crippen molar-refractivity contribution < 1.29 is 27.1 Å². The molecule has 1 saturated carbocycles. The van der Waals surface area contributed by atoms with Crippen molar-refractivity contribution in [2.24, 2.45) is 5.92 Å². The van der Waals surface area contributed by atoms with E-state index in [0.717, 1.165) is 12.0 Å². The molecule has 0 spiro atoms. The van der Waals surface area contributed by atoms with Crippen LogP contribution in [-0.2, 0) is 14.6 Å². The van der Waals surface area contributed by atoms with Gasteiger partial charge in [-0.15, -0.1) is 0 Å². The van der Waals surface area contributed by atoms with Crippen LogP contribution in [0.2, 0.25) is 0 Å². The minimum absolute atomic E-state index is 0.0107. The van der Waals surface area contributed by atoms with E-state index in [4.69, 9.17) is 4.74 Å². The molecule has 9 heteroatoms. The molecule has 1 aliphatic heterocycles. The number of unbranched alkanes of at least 4 members (excludes halogenated alkanes) is 2. The number of urea groups is 1.